The molecule has 0 bridgehead atoms. The van der Waals surface area contributed by atoms with Crippen molar-refractivity contribution in [3.8, 4) is 0 Å². The fourth-order valence-corrected chi connectivity index (χ4v) is 2.16. The van der Waals surface area contributed by atoms with Crippen LogP contribution in [0.3, 0.4) is 0 Å². The van der Waals surface area contributed by atoms with Crippen molar-refractivity contribution >= 4 is 17.5 Å². The number of carbonyl (C=O) groups excluding carboxylic acids is 1. The lowest BCUT2D eigenvalue weighted by Crippen LogP contribution is -2.26. The standard InChI is InChI=1S/C17H18ClNO/c1-19(13-15-7-10-16(18)11-8-15)17(20)12-9-14-5-3-2-4-6-14/h2-8,10-11H,9,12-13H2,1H3. The number of hydrogen-bond acceptors (Lipinski definition) is 1. The summed E-state index contributed by atoms with van der Waals surface area (Å²) in [5.74, 6) is 0.156. The molecule has 0 aliphatic carbocycles. The quantitative estimate of drug-likeness (QED) is 0.816. The second-order valence-corrected chi connectivity index (χ2v) is 5.30. The van der Waals surface area contributed by atoms with Gasteiger partial charge in [-0.15, -0.1) is 0 Å². The molecule has 0 aliphatic heterocycles. The van der Waals surface area contributed by atoms with E-state index in [1.165, 1.54) is 5.56 Å². The molecule has 0 saturated heterocycles. The lowest BCUT2D eigenvalue weighted by Gasteiger charge is -2.17. The number of nitrogens with zero attached hydrogens (tertiary/aromatic N) is 1. The summed E-state index contributed by atoms with van der Waals surface area (Å²) in [5, 5.41) is 0.715. The van der Waals surface area contributed by atoms with Crippen LogP contribution in [0.5, 0.6) is 0 Å². The van der Waals surface area contributed by atoms with E-state index < -0.39 is 0 Å². The monoisotopic (exact) mass is 287 g/mol. The Labute approximate surface area is 125 Å². The molecule has 0 unspecified atom stereocenters. The molecule has 0 spiro atoms. The molecular weight excluding hydrogens is 270 g/mol. The Morgan fingerprint density at radius 1 is 1.00 bits per heavy atom. The Morgan fingerprint density at radius 2 is 1.65 bits per heavy atom. The van der Waals surface area contributed by atoms with Crippen molar-refractivity contribution in [2.75, 3.05) is 7.05 Å². The molecule has 0 atom stereocenters. The van der Waals surface area contributed by atoms with Crippen molar-refractivity contribution in [3.05, 3.63) is 70.7 Å². The Kier molecular flexibility index (Phi) is 5.19. The number of halogens is 1. The van der Waals surface area contributed by atoms with Crippen LogP contribution in [-0.4, -0.2) is 17.9 Å². The number of rotatable bonds is 5. The maximum absolute atomic E-state index is 12.1. The van der Waals surface area contributed by atoms with Crippen molar-refractivity contribution in [3.63, 3.8) is 0 Å². The van der Waals surface area contributed by atoms with Gasteiger partial charge in [-0.1, -0.05) is 54.1 Å². The minimum Gasteiger partial charge on any atom is -0.341 e. The Hall–Kier alpha value is -1.80. The minimum absolute atomic E-state index is 0.156. The summed E-state index contributed by atoms with van der Waals surface area (Å²) in [5.41, 5.74) is 2.28. The van der Waals surface area contributed by atoms with Gasteiger partial charge in [0.05, 0.1) is 0 Å². The van der Waals surface area contributed by atoms with Crippen molar-refractivity contribution in [1.82, 2.24) is 4.90 Å². The highest BCUT2D eigenvalue weighted by molar-refractivity contribution is 6.30. The number of carbonyl (C=O) groups is 1. The second kappa shape index (κ2) is 7.11. The fourth-order valence-electron chi connectivity index (χ4n) is 2.04. The molecule has 2 aromatic carbocycles. The Balaban J connectivity index is 1.84. The topological polar surface area (TPSA) is 20.3 Å². The normalized spacial score (nSPS) is 10.3. The molecule has 20 heavy (non-hydrogen) atoms. The van der Waals surface area contributed by atoms with E-state index >= 15 is 0 Å². The first-order valence-electron chi connectivity index (χ1n) is 6.67. The third-order valence-electron chi connectivity index (χ3n) is 3.23. The van der Waals surface area contributed by atoms with Gasteiger partial charge in [0.2, 0.25) is 5.91 Å². The number of benzene rings is 2. The van der Waals surface area contributed by atoms with Gasteiger partial charge >= 0.3 is 0 Å². The third-order valence-corrected chi connectivity index (χ3v) is 3.48. The summed E-state index contributed by atoms with van der Waals surface area (Å²) in [6.45, 7) is 0.616. The smallest absolute Gasteiger partial charge is 0.222 e. The molecule has 1 amide bonds. The molecule has 0 radical (unpaired) electrons. The zero-order valence-electron chi connectivity index (χ0n) is 11.6. The van der Waals surface area contributed by atoms with E-state index in [9.17, 15) is 4.79 Å². The van der Waals surface area contributed by atoms with Gasteiger partial charge < -0.3 is 4.90 Å². The highest BCUT2D eigenvalue weighted by Gasteiger charge is 2.09. The predicted molar refractivity (Wildman–Crippen MR) is 82.7 cm³/mol. The summed E-state index contributed by atoms with van der Waals surface area (Å²) >= 11 is 5.85. The van der Waals surface area contributed by atoms with Crippen LogP contribution in [0.2, 0.25) is 5.02 Å². The van der Waals surface area contributed by atoms with E-state index in [2.05, 4.69) is 0 Å². The molecule has 104 valence electrons. The van der Waals surface area contributed by atoms with Crippen molar-refractivity contribution in [2.24, 2.45) is 0 Å². The highest BCUT2D eigenvalue weighted by atomic mass is 35.5. The first-order valence-corrected chi connectivity index (χ1v) is 7.05. The highest BCUT2D eigenvalue weighted by Crippen LogP contribution is 2.12. The molecule has 2 aromatic rings. The first kappa shape index (κ1) is 14.6. The van der Waals surface area contributed by atoms with E-state index in [1.807, 2.05) is 61.6 Å². The predicted octanol–water partition coefficient (Wildman–Crippen LogP) is 3.93. The summed E-state index contributed by atoms with van der Waals surface area (Å²) in [6.07, 6.45) is 1.32. The van der Waals surface area contributed by atoms with Gasteiger partial charge in [-0.2, -0.15) is 0 Å². The first-order chi connectivity index (χ1) is 9.65. The maximum Gasteiger partial charge on any atom is 0.222 e. The van der Waals surface area contributed by atoms with Gasteiger partial charge in [-0.25, -0.2) is 0 Å². The van der Waals surface area contributed by atoms with Gasteiger partial charge in [0.15, 0.2) is 0 Å². The van der Waals surface area contributed by atoms with Crippen molar-refractivity contribution in [2.45, 2.75) is 19.4 Å². The van der Waals surface area contributed by atoms with Crippen molar-refractivity contribution < 1.29 is 4.79 Å². The molecular formula is C17H18ClNO. The van der Waals surface area contributed by atoms with E-state index in [1.54, 1.807) is 4.90 Å². The average molecular weight is 288 g/mol. The van der Waals surface area contributed by atoms with Gasteiger partial charge in [0.25, 0.3) is 0 Å². The van der Waals surface area contributed by atoms with Crippen LogP contribution in [0.25, 0.3) is 0 Å². The average Bonchev–Trinajstić information content (AvgIpc) is 2.48. The fraction of sp³-hybridized carbons (Fsp3) is 0.235. The van der Waals surface area contributed by atoms with Crippen LogP contribution >= 0.6 is 11.6 Å². The molecule has 0 N–H and O–H groups in total. The molecule has 2 rings (SSSR count). The number of hydrogen-bond donors (Lipinski definition) is 0. The third kappa shape index (κ3) is 4.39. The molecule has 0 fully saturated rings. The van der Waals surface area contributed by atoms with Crippen LogP contribution in [0.15, 0.2) is 54.6 Å². The van der Waals surface area contributed by atoms with Crippen molar-refractivity contribution in [1.29, 1.82) is 0 Å². The molecule has 3 heteroatoms. The van der Waals surface area contributed by atoms with Crippen LogP contribution in [0.4, 0.5) is 0 Å². The van der Waals surface area contributed by atoms with E-state index in [0.29, 0.717) is 18.0 Å². The molecule has 0 heterocycles. The zero-order chi connectivity index (χ0) is 14.4. The summed E-state index contributed by atoms with van der Waals surface area (Å²) in [6, 6.07) is 17.7. The van der Waals surface area contributed by atoms with Crippen LogP contribution < -0.4 is 0 Å². The Bertz CT molecular complexity index is 551. The van der Waals surface area contributed by atoms with Gasteiger partial charge in [0, 0.05) is 25.0 Å². The molecule has 2 nitrogen and oxygen atoms in total. The SMILES string of the molecule is CN(Cc1ccc(Cl)cc1)C(=O)CCc1ccccc1. The summed E-state index contributed by atoms with van der Waals surface area (Å²) in [4.78, 5) is 13.8. The lowest BCUT2D eigenvalue weighted by molar-refractivity contribution is -0.130. The molecule has 0 saturated carbocycles. The number of amides is 1. The van der Waals surface area contributed by atoms with Gasteiger partial charge in [-0.05, 0) is 29.7 Å². The second-order valence-electron chi connectivity index (χ2n) is 4.86. The van der Waals surface area contributed by atoms with E-state index in [-0.39, 0.29) is 5.91 Å². The summed E-state index contributed by atoms with van der Waals surface area (Å²) < 4.78 is 0. The maximum atomic E-state index is 12.1. The molecule has 0 aliphatic rings. The van der Waals surface area contributed by atoms with Crippen LogP contribution in [0, 0.1) is 0 Å². The number of aryl methyl sites for hydroxylation is 1. The summed E-state index contributed by atoms with van der Waals surface area (Å²) in [7, 11) is 1.84. The Morgan fingerprint density at radius 3 is 2.30 bits per heavy atom. The largest absolute Gasteiger partial charge is 0.341 e. The van der Waals surface area contributed by atoms with Gasteiger partial charge in [0.1, 0.15) is 0 Å². The van der Waals surface area contributed by atoms with Crippen LogP contribution in [-0.2, 0) is 17.8 Å². The minimum atomic E-state index is 0.156. The lowest BCUT2D eigenvalue weighted by atomic mass is 10.1. The van der Waals surface area contributed by atoms with E-state index in [0.717, 1.165) is 12.0 Å². The zero-order valence-corrected chi connectivity index (χ0v) is 12.3. The molecule has 0 aromatic heterocycles. The van der Waals surface area contributed by atoms with E-state index in [4.69, 9.17) is 11.6 Å². The van der Waals surface area contributed by atoms with Gasteiger partial charge in [-0.3, -0.25) is 4.79 Å². The van der Waals surface area contributed by atoms with Crippen LogP contribution in [0.1, 0.15) is 17.5 Å².